The fourth-order valence-electron chi connectivity index (χ4n) is 2.76. The maximum absolute atomic E-state index is 12.4. The zero-order chi connectivity index (χ0) is 22.9. The van der Waals surface area contributed by atoms with Crippen molar-refractivity contribution in [1.29, 1.82) is 0 Å². The van der Waals surface area contributed by atoms with Gasteiger partial charge in [-0.3, -0.25) is 18.7 Å². The number of imidazole rings is 1. The van der Waals surface area contributed by atoms with E-state index in [2.05, 4.69) is 9.71 Å². The van der Waals surface area contributed by atoms with E-state index >= 15 is 0 Å². The minimum absolute atomic E-state index is 0.0586. The number of aromatic nitrogens is 4. The first kappa shape index (κ1) is 23.0. The molecule has 11 nitrogen and oxygen atoms in total. The molecule has 2 heterocycles. The molecule has 0 radical (unpaired) electrons. The van der Waals surface area contributed by atoms with Crippen LogP contribution in [-0.4, -0.2) is 46.2 Å². The van der Waals surface area contributed by atoms with Gasteiger partial charge in [-0.25, -0.2) is 18.2 Å². The van der Waals surface area contributed by atoms with E-state index in [1.165, 1.54) is 41.7 Å². The first-order valence-corrected chi connectivity index (χ1v) is 11.0. The third kappa shape index (κ3) is 4.66. The van der Waals surface area contributed by atoms with E-state index in [9.17, 15) is 22.8 Å². The highest BCUT2D eigenvalue weighted by Gasteiger charge is 2.18. The van der Waals surface area contributed by atoms with Crippen LogP contribution in [0.5, 0.6) is 0 Å². The van der Waals surface area contributed by atoms with Crippen LogP contribution in [0.25, 0.3) is 11.2 Å². The zero-order valence-electron chi connectivity index (χ0n) is 16.3. The molecule has 14 heteroatoms. The number of esters is 1. The first-order valence-electron chi connectivity index (χ1n) is 8.74. The van der Waals surface area contributed by atoms with Crippen LogP contribution >= 0.6 is 23.2 Å². The molecule has 0 aliphatic heterocycles. The predicted octanol–water partition coefficient (Wildman–Crippen LogP) is 0.262. The lowest BCUT2D eigenvalue weighted by Gasteiger charge is -2.09. The molecule has 0 bridgehead atoms. The Bertz CT molecular complexity index is 1390. The van der Waals surface area contributed by atoms with Gasteiger partial charge in [0.25, 0.3) is 5.56 Å². The molecular weight excluding hydrogens is 473 g/mol. The zero-order valence-corrected chi connectivity index (χ0v) is 18.7. The number of nitrogens with zero attached hydrogens (tertiary/aromatic N) is 4. The monoisotopic (exact) mass is 489 g/mol. The molecule has 166 valence electrons. The number of sulfonamides is 1. The van der Waals surface area contributed by atoms with Gasteiger partial charge in [0.05, 0.1) is 27.8 Å². The summed E-state index contributed by atoms with van der Waals surface area (Å²) in [6.45, 7) is -0.677. The first-order chi connectivity index (χ1) is 14.5. The molecule has 1 N–H and O–H groups in total. The standard InChI is InChI=1S/C17H17Cl2N5O6S/c1-22-15-14(16(26)23(2)17(22)27)24(9-20-15)5-6-30-13(25)8-21-31(28,29)10-3-4-11(18)12(19)7-10/h3-4,7,9,21H,5-6,8H2,1-2H3. The molecule has 1 aromatic carbocycles. The van der Waals surface area contributed by atoms with Crippen molar-refractivity contribution in [1.82, 2.24) is 23.4 Å². The fraction of sp³-hybridized carbons (Fsp3) is 0.294. The van der Waals surface area contributed by atoms with Gasteiger partial charge in [0.2, 0.25) is 10.0 Å². The second kappa shape index (κ2) is 8.83. The number of halogens is 2. The summed E-state index contributed by atoms with van der Waals surface area (Å²) in [5.41, 5.74) is -0.658. The molecular formula is C17H17Cl2N5O6S. The molecule has 31 heavy (non-hydrogen) atoms. The Morgan fingerprint density at radius 2 is 1.87 bits per heavy atom. The van der Waals surface area contributed by atoms with Crippen molar-refractivity contribution in [2.24, 2.45) is 14.1 Å². The summed E-state index contributed by atoms with van der Waals surface area (Å²) in [4.78, 5) is 40.1. The van der Waals surface area contributed by atoms with Crippen LogP contribution in [0.2, 0.25) is 10.0 Å². The lowest BCUT2D eigenvalue weighted by Crippen LogP contribution is -2.37. The number of aryl methyl sites for hydroxylation is 1. The summed E-state index contributed by atoms with van der Waals surface area (Å²) in [7, 11) is -1.16. The van der Waals surface area contributed by atoms with E-state index < -0.39 is 33.8 Å². The molecule has 0 unspecified atom stereocenters. The van der Waals surface area contributed by atoms with Gasteiger partial charge >= 0.3 is 11.7 Å². The Morgan fingerprint density at radius 1 is 1.16 bits per heavy atom. The van der Waals surface area contributed by atoms with Crippen molar-refractivity contribution in [3.05, 3.63) is 55.4 Å². The second-order valence-electron chi connectivity index (χ2n) is 6.44. The minimum Gasteiger partial charge on any atom is -0.463 e. The Balaban J connectivity index is 1.61. The second-order valence-corrected chi connectivity index (χ2v) is 9.02. The van der Waals surface area contributed by atoms with E-state index in [4.69, 9.17) is 27.9 Å². The normalized spacial score (nSPS) is 11.7. The van der Waals surface area contributed by atoms with E-state index in [1.54, 1.807) is 0 Å². The average Bonchev–Trinajstić information content (AvgIpc) is 3.15. The van der Waals surface area contributed by atoms with Gasteiger partial charge in [-0.05, 0) is 18.2 Å². The van der Waals surface area contributed by atoms with Crippen molar-refractivity contribution in [2.45, 2.75) is 11.4 Å². The third-order valence-corrected chi connectivity index (χ3v) is 6.56. The number of ether oxygens (including phenoxy) is 1. The van der Waals surface area contributed by atoms with Crippen LogP contribution in [0.4, 0.5) is 0 Å². The van der Waals surface area contributed by atoms with Gasteiger partial charge in [-0.1, -0.05) is 23.2 Å². The largest absolute Gasteiger partial charge is 0.463 e. The highest BCUT2D eigenvalue weighted by Crippen LogP contribution is 2.24. The van der Waals surface area contributed by atoms with Gasteiger partial charge in [0.15, 0.2) is 11.2 Å². The molecule has 0 fully saturated rings. The highest BCUT2D eigenvalue weighted by atomic mass is 35.5. The quantitative estimate of drug-likeness (QED) is 0.470. The van der Waals surface area contributed by atoms with Crippen LogP contribution in [-0.2, 0) is 40.2 Å². The Kier molecular flexibility index (Phi) is 6.55. The summed E-state index contributed by atoms with van der Waals surface area (Å²) >= 11 is 11.6. The Labute approximate surface area is 185 Å². The van der Waals surface area contributed by atoms with Crippen molar-refractivity contribution in [2.75, 3.05) is 13.2 Å². The molecule has 3 rings (SSSR count). The average molecular weight is 490 g/mol. The lowest BCUT2D eigenvalue weighted by molar-refractivity contribution is -0.142. The smallest absolute Gasteiger partial charge is 0.332 e. The van der Waals surface area contributed by atoms with Gasteiger partial charge in [0, 0.05) is 14.1 Å². The van der Waals surface area contributed by atoms with Gasteiger partial charge in [-0.15, -0.1) is 0 Å². The summed E-state index contributed by atoms with van der Waals surface area (Å²) in [6.07, 6.45) is 1.35. The van der Waals surface area contributed by atoms with Crippen LogP contribution < -0.4 is 16.0 Å². The van der Waals surface area contributed by atoms with E-state index in [1.807, 2.05) is 0 Å². The number of carbonyl (C=O) groups is 1. The van der Waals surface area contributed by atoms with Gasteiger partial charge in [-0.2, -0.15) is 4.72 Å². The summed E-state index contributed by atoms with van der Waals surface area (Å²) in [5, 5.41) is 0.255. The molecule has 0 aliphatic carbocycles. The minimum atomic E-state index is -4.00. The summed E-state index contributed by atoms with van der Waals surface area (Å²) in [5.74, 6) is -0.826. The lowest BCUT2D eigenvalue weighted by atomic mass is 10.4. The number of benzene rings is 1. The molecule has 0 aliphatic rings. The molecule has 0 saturated heterocycles. The summed E-state index contributed by atoms with van der Waals surface area (Å²) < 4.78 is 35.2. The van der Waals surface area contributed by atoms with Crippen molar-refractivity contribution in [3.8, 4) is 0 Å². The van der Waals surface area contributed by atoms with E-state index in [0.717, 1.165) is 10.6 Å². The van der Waals surface area contributed by atoms with Crippen molar-refractivity contribution >= 4 is 50.4 Å². The number of nitrogens with one attached hydrogen (secondary N) is 1. The molecule has 2 aromatic heterocycles. The van der Waals surface area contributed by atoms with Crippen LogP contribution in [0.15, 0.2) is 39.0 Å². The number of rotatable bonds is 7. The van der Waals surface area contributed by atoms with Crippen LogP contribution in [0.1, 0.15) is 0 Å². The van der Waals surface area contributed by atoms with Crippen molar-refractivity contribution in [3.63, 3.8) is 0 Å². The summed E-state index contributed by atoms with van der Waals surface area (Å²) in [6, 6.07) is 3.74. The van der Waals surface area contributed by atoms with Crippen LogP contribution in [0.3, 0.4) is 0 Å². The SMILES string of the molecule is Cn1c(=O)c2c(ncn2CCOC(=O)CNS(=O)(=O)c2ccc(Cl)c(Cl)c2)n(C)c1=O. The fourth-order valence-corrected chi connectivity index (χ4v) is 4.11. The Morgan fingerprint density at radius 3 is 2.55 bits per heavy atom. The number of hydrogen-bond donors (Lipinski definition) is 1. The third-order valence-electron chi connectivity index (χ3n) is 4.42. The molecule has 3 aromatic rings. The molecule has 0 spiro atoms. The maximum Gasteiger partial charge on any atom is 0.332 e. The predicted molar refractivity (Wildman–Crippen MR) is 113 cm³/mol. The molecule has 0 saturated carbocycles. The number of carbonyl (C=O) groups excluding carboxylic acids is 1. The van der Waals surface area contributed by atoms with Crippen LogP contribution in [0, 0.1) is 0 Å². The topological polar surface area (TPSA) is 134 Å². The number of hydrogen-bond acceptors (Lipinski definition) is 7. The molecule has 0 atom stereocenters. The Hall–Kier alpha value is -2.67. The van der Waals surface area contributed by atoms with Gasteiger partial charge < -0.3 is 9.30 Å². The van der Waals surface area contributed by atoms with Gasteiger partial charge in [0.1, 0.15) is 13.2 Å². The van der Waals surface area contributed by atoms with E-state index in [-0.39, 0.29) is 39.3 Å². The highest BCUT2D eigenvalue weighted by molar-refractivity contribution is 7.89. The maximum atomic E-state index is 12.4. The number of fused-ring (bicyclic) bond motifs is 1. The molecule has 0 amide bonds. The van der Waals surface area contributed by atoms with E-state index in [0.29, 0.717) is 0 Å². The van der Waals surface area contributed by atoms with Crippen molar-refractivity contribution < 1.29 is 17.9 Å².